The molecule has 1 aromatic carbocycles. The van der Waals surface area contributed by atoms with E-state index in [0.29, 0.717) is 13.2 Å². The molecule has 0 aliphatic heterocycles. The lowest BCUT2D eigenvalue weighted by Gasteiger charge is -2.10. The van der Waals surface area contributed by atoms with Crippen LogP contribution in [0.5, 0.6) is 0 Å². The summed E-state index contributed by atoms with van der Waals surface area (Å²) in [6.45, 7) is 5.12. The van der Waals surface area contributed by atoms with E-state index in [4.69, 9.17) is 9.47 Å². The maximum absolute atomic E-state index is 5.40. The highest BCUT2D eigenvalue weighted by Gasteiger charge is 1.96. The second-order valence-electron chi connectivity index (χ2n) is 3.17. The first-order valence-corrected chi connectivity index (χ1v) is 5.27. The maximum atomic E-state index is 5.40. The van der Waals surface area contributed by atoms with Crippen molar-refractivity contribution in [3.8, 4) is 0 Å². The lowest BCUT2D eigenvalue weighted by atomic mass is 10.2. The van der Waals surface area contributed by atoms with Crippen molar-refractivity contribution in [2.24, 2.45) is 0 Å². The SMILES string of the molecule is CCOC(C)OC/C=C/c1ccccc1. The van der Waals surface area contributed by atoms with E-state index < -0.39 is 0 Å². The third-order valence-electron chi connectivity index (χ3n) is 1.94. The van der Waals surface area contributed by atoms with Gasteiger partial charge >= 0.3 is 0 Å². The molecule has 2 heteroatoms. The molecule has 1 aromatic rings. The molecule has 82 valence electrons. The Balaban J connectivity index is 2.23. The molecule has 0 aliphatic rings. The van der Waals surface area contributed by atoms with Gasteiger partial charge in [-0.2, -0.15) is 0 Å². The number of hydrogen-bond donors (Lipinski definition) is 0. The van der Waals surface area contributed by atoms with Gasteiger partial charge in [-0.05, 0) is 19.4 Å². The van der Waals surface area contributed by atoms with Crippen molar-refractivity contribution in [3.05, 3.63) is 42.0 Å². The van der Waals surface area contributed by atoms with Gasteiger partial charge in [0.15, 0.2) is 6.29 Å². The monoisotopic (exact) mass is 206 g/mol. The summed E-state index contributed by atoms with van der Waals surface area (Å²) in [6, 6.07) is 10.2. The fourth-order valence-electron chi connectivity index (χ4n) is 1.22. The second kappa shape index (κ2) is 7.21. The van der Waals surface area contributed by atoms with Gasteiger partial charge in [0.1, 0.15) is 0 Å². The minimum absolute atomic E-state index is 0.129. The van der Waals surface area contributed by atoms with E-state index in [1.54, 1.807) is 0 Å². The molecular formula is C13H18O2. The summed E-state index contributed by atoms with van der Waals surface area (Å²) < 4.78 is 10.6. The first-order valence-electron chi connectivity index (χ1n) is 5.27. The largest absolute Gasteiger partial charge is 0.353 e. The van der Waals surface area contributed by atoms with Gasteiger partial charge in [0.05, 0.1) is 6.61 Å². The van der Waals surface area contributed by atoms with Crippen LogP contribution in [0, 0.1) is 0 Å². The van der Waals surface area contributed by atoms with Crippen LogP contribution in [-0.4, -0.2) is 19.5 Å². The van der Waals surface area contributed by atoms with E-state index in [-0.39, 0.29) is 6.29 Å². The van der Waals surface area contributed by atoms with Gasteiger partial charge in [-0.25, -0.2) is 0 Å². The minimum Gasteiger partial charge on any atom is -0.353 e. The van der Waals surface area contributed by atoms with Crippen LogP contribution in [0.15, 0.2) is 36.4 Å². The molecule has 1 atom stereocenters. The van der Waals surface area contributed by atoms with E-state index in [9.17, 15) is 0 Å². The lowest BCUT2D eigenvalue weighted by Crippen LogP contribution is -2.12. The summed E-state index contributed by atoms with van der Waals surface area (Å²) in [5.74, 6) is 0. The summed E-state index contributed by atoms with van der Waals surface area (Å²) in [6.07, 6.45) is 3.90. The summed E-state index contributed by atoms with van der Waals surface area (Å²) in [7, 11) is 0. The van der Waals surface area contributed by atoms with E-state index in [1.807, 2.05) is 44.2 Å². The fraction of sp³-hybridized carbons (Fsp3) is 0.385. The summed E-state index contributed by atoms with van der Waals surface area (Å²) in [4.78, 5) is 0. The van der Waals surface area contributed by atoms with Crippen molar-refractivity contribution in [2.45, 2.75) is 20.1 Å². The molecule has 0 radical (unpaired) electrons. The van der Waals surface area contributed by atoms with Crippen LogP contribution in [0.1, 0.15) is 19.4 Å². The number of hydrogen-bond acceptors (Lipinski definition) is 2. The van der Waals surface area contributed by atoms with Gasteiger partial charge in [-0.3, -0.25) is 0 Å². The minimum atomic E-state index is -0.129. The summed E-state index contributed by atoms with van der Waals surface area (Å²) in [5, 5.41) is 0. The Morgan fingerprint density at radius 1 is 1.20 bits per heavy atom. The maximum Gasteiger partial charge on any atom is 0.155 e. The molecule has 0 saturated heterocycles. The third-order valence-corrected chi connectivity index (χ3v) is 1.94. The third kappa shape index (κ3) is 5.35. The van der Waals surface area contributed by atoms with Crippen molar-refractivity contribution < 1.29 is 9.47 Å². The van der Waals surface area contributed by atoms with Crippen molar-refractivity contribution >= 4 is 6.08 Å². The first-order chi connectivity index (χ1) is 7.33. The van der Waals surface area contributed by atoms with Crippen molar-refractivity contribution in [1.29, 1.82) is 0 Å². The lowest BCUT2D eigenvalue weighted by molar-refractivity contribution is -0.118. The predicted octanol–water partition coefficient (Wildman–Crippen LogP) is 3.10. The molecule has 0 aliphatic carbocycles. The van der Waals surface area contributed by atoms with Gasteiger partial charge in [0.2, 0.25) is 0 Å². The Kier molecular flexibility index (Phi) is 5.74. The fourth-order valence-corrected chi connectivity index (χ4v) is 1.22. The van der Waals surface area contributed by atoms with Gasteiger partial charge in [0.25, 0.3) is 0 Å². The van der Waals surface area contributed by atoms with Gasteiger partial charge < -0.3 is 9.47 Å². The normalized spacial score (nSPS) is 13.2. The average Bonchev–Trinajstić information content (AvgIpc) is 2.26. The van der Waals surface area contributed by atoms with Gasteiger partial charge in [-0.1, -0.05) is 42.5 Å². The molecular weight excluding hydrogens is 188 g/mol. The van der Waals surface area contributed by atoms with E-state index in [1.165, 1.54) is 5.56 Å². The highest BCUT2D eigenvalue weighted by molar-refractivity contribution is 5.48. The van der Waals surface area contributed by atoms with Crippen LogP contribution in [0.4, 0.5) is 0 Å². The quantitative estimate of drug-likeness (QED) is 0.666. The van der Waals surface area contributed by atoms with Crippen LogP contribution in [0.2, 0.25) is 0 Å². The van der Waals surface area contributed by atoms with Crippen LogP contribution in [0.3, 0.4) is 0 Å². The smallest absolute Gasteiger partial charge is 0.155 e. The zero-order chi connectivity index (χ0) is 10.9. The summed E-state index contributed by atoms with van der Waals surface area (Å²) in [5.41, 5.74) is 1.19. The molecule has 0 spiro atoms. The molecule has 1 unspecified atom stereocenters. The van der Waals surface area contributed by atoms with Gasteiger partial charge in [-0.15, -0.1) is 0 Å². The molecule has 2 nitrogen and oxygen atoms in total. The predicted molar refractivity (Wildman–Crippen MR) is 62.5 cm³/mol. The van der Waals surface area contributed by atoms with E-state index in [0.717, 1.165) is 0 Å². The molecule has 0 bridgehead atoms. The molecule has 0 aromatic heterocycles. The Bertz CT molecular complexity index is 280. The van der Waals surface area contributed by atoms with E-state index >= 15 is 0 Å². The zero-order valence-corrected chi connectivity index (χ0v) is 9.35. The molecule has 15 heavy (non-hydrogen) atoms. The molecule has 0 N–H and O–H groups in total. The highest BCUT2D eigenvalue weighted by atomic mass is 16.7. The average molecular weight is 206 g/mol. The second-order valence-corrected chi connectivity index (χ2v) is 3.17. The number of benzene rings is 1. The number of rotatable bonds is 6. The Morgan fingerprint density at radius 3 is 2.60 bits per heavy atom. The topological polar surface area (TPSA) is 18.5 Å². The Labute approximate surface area is 91.5 Å². The van der Waals surface area contributed by atoms with Crippen LogP contribution >= 0.6 is 0 Å². The van der Waals surface area contributed by atoms with E-state index in [2.05, 4.69) is 12.1 Å². The van der Waals surface area contributed by atoms with Crippen LogP contribution in [-0.2, 0) is 9.47 Å². The zero-order valence-electron chi connectivity index (χ0n) is 9.35. The molecule has 1 rings (SSSR count). The number of ether oxygens (including phenoxy) is 2. The standard InChI is InChI=1S/C13H18O2/c1-3-14-12(2)15-11-7-10-13-8-5-4-6-9-13/h4-10,12H,3,11H2,1-2H3/b10-7+. The van der Waals surface area contributed by atoms with Crippen molar-refractivity contribution in [1.82, 2.24) is 0 Å². The summed E-state index contributed by atoms with van der Waals surface area (Å²) >= 11 is 0. The van der Waals surface area contributed by atoms with Crippen LogP contribution < -0.4 is 0 Å². The molecule has 0 saturated carbocycles. The van der Waals surface area contributed by atoms with Crippen molar-refractivity contribution in [2.75, 3.05) is 13.2 Å². The van der Waals surface area contributed by atoms with Crippen molar-refractivity contribution in [3.63, 3.8) is 0 Å². The molecule has 0 amide bonds. The first kappa shape index (κ1) is 12.0. The molecule has 0 fully saturated rings. The van der Waals surface area contributed by atoms with Gasteiger partial charge in [0, 0.05) is 6.61 Å². The Morgan fingerprint density at radius 2 is 1.93 bits per heavy atom. The highest BCUT2D eigenvalue weighted by Crippen LogP contribution is 2.01. The van der Waals surface area contributed by atoms with Crippen LogP contribution in [0.25, 0.3) is 6.08 Å². The molecule has 0 heterocycles. The Hall–Kier alpha value is -1.12.